The molecule has 0 bridgehead atoms. The number of nitrogens with zero attached hydrogens (tertiary/aromatic N) is 1. The minimum absolute atomic E-state index is 0.992. The molecule has 2 nitrogen and oxygen atoms in total. The van der Waals surface area contributed by atoms with E-state index in [0.29, 0.717) is 0 Å². The van der Waals surface area contributed by atoms with E-state index >= 15 is 0 Å². The van der Waals surface area contributed by atoms with Gasteiger partial charge in [0.2, 0.25) is 0 Å². The van der Waals surface area contributed by atoms with Gasteiger partial charge in [-0.3, -0.25) is 4.99 Å². The van der Waals surface area contributed by atoms with Gasteiger partial charge < -0.3 is 5.32 Å². The van der Waals surface area contributed by atoms with E-state index in [-0.39, 0.29) is 0 Å². The van der Waals surface area contributed by atoms with E-state index in [9.17, 15) is 0 Å². The maximum Gasteiger partial charge on any atom is 0.0571 e. The molecular weight excluding hydrogens is 364 g/mol. The Kier molecular flexibility index (Phi) is 5.86. The van der Waals surface area contributed by atoms with Crippen molar-refractivity contribution in [2.75, 3.05) is 12.4 Å². The molecule has 1 aliphatic rings. The Bertz CT molecular complexity index is 1210. The molecule has 0 saturated carbocycles. The standard InChI is InChI=1S/C28H24N2/c1-21-3-5-22(6-4-21)19-24-9-15-27(16-10-24)30-28-17-11-25(12-18-28)20-23-7-13-26(29-2)14-8-23/h3-20,30H,1H2,2H3. The monoisotopic (exact) mass is 388 g/mol. The number of hydrogen-bond donors (Lipinski definition) is 1. The molecule has 1 aliphatic carbocycles. The second kappa shape index (κ2) is 9.06. The quantitative estimate of drug-likeness (QED) is 0.649. The van der Waals surface area contributed by atoms with Crippen LogP contribution in [0.2, 0.25) is 0 Å². The van der Waals surface area contributed by atoms with Crippen LogP contribution in [0.1, 0.15) is 11.1 Å². The summed E-state index contributed by atoms with van der Waals surface area (Å²) in [6.45, 7) is 3.93. The van der Waals surface area contributed by atoms with Crippen molar-refractivity contribution in [1.82, 2.24) is 0 Å². The maximum absolute atomic E-state index is 4.17. The van der Waals surface area contributed by atoms with Crippen molar-refractivity contribution >= 4 is 35.8 Å². The summed E-state index contributed by atoms with van der Waals surface area (Å²) < 4.78 is 0. The Hall–Kier alpha value is -3.91. The molecule has 0 atom stereocenters. The summed E-state index contributed by atoms with van der Waals surface area (Å²) in [4.78, 5) is 4.17. The van der Waals surface area contributed by atoms with Crippen LogP contribution in [0.3, 0.4) is 0 Å². The minimum Gasteiger partial charge on any atom is -0.356 e. The number of aliphatic imine (C=N–C) groups is 1. The molecule has 0 radical (unpaired) electrons. The molecule has 0 fully saturated rings. The first-order valence-electron chi connectivity index (χ1n) is 9.96. The number of anilines is 2. The summed E-state index contributed by atoms with van der Waals surface area (Å²) in [5.74, 6) is 0. The molecular formula is C28H24N2. The molecule has 0 aromatic heterocycles. The van der Waals surface area contributed by atoms with Crippen molar-refractivity contribution < 1.29 is 0 Å². The van der Waals surface area contributed by atoms with Gasteiger partial charge in [-0.15, -0.1) is 0 Å². The number of allylic oxidation sites excluding steroid dienone is 5. The topological polar surface area (TPSA) is 24.4 Å². The molecule has 3 aromatic rings. The van der Waals surface area contributed by atoms with E-state index in [0.717, 1.165) is 22.3 Å². The summed E-state index contributed by atoms with van der Waals surface area (Å²) in [6, 6.07) is 25.1. The van der Waals surface area contributed by atoms with Gasteiger partial charge in [0.15, 0.2) is 0 Å². The molecule has 0 amide bonds. The van der Waals surface area contributed by atoms with Gasteiger partial charge in [-0.25, -0.2) is 0 Å². The fraction of sp³-hybridized carbons (Fsp3) is 0.0357. The van der Waals surface area contributed by atoms with Crippen LogP contribution in [0, 0.1) is 0 Å². The maximum atomic E-state index is 4.17. The largest absolute Gasteiger partial charge is 0.356 e. The average Bonchev–Trinajstić information content (AvgIpc) is 2.78. The molecule has 0 spiro atoms. The molecule has 30 heavy (non-hydrogen) atoms. The zero-order valence-electron chi connectivity index (χ0n) is 17.0. The summed E-state index contributed by atoms with van der Waals surface area (Å²) in [7, 11) is 1.80. The lowest BCUT2D eigenvalue weighted by atomic mass is 10.0. The Balaban J connectivity index is 1.42. The number of hydrogen-bond acceptors (Lipinski definition) is 2. The first-order valence-corrected chi connectivity index (χ1v) is 9.96. The van der Waals surface area contributed by atoms with Crippen molar-refractivity contribution in [3.05, 3.63) is 124 Å². The average molecular weight is 389 g/mol. The summed E-state index contributed by atoms with van der Waals surface area (Å²) >= 11 is 0. The molecule has 146 valence electrons. The summed E-state index contributed by atoms with van der Waals surface area (Å²) in [5, 5.41) is 5.66. The fourth-order valence-electron chi connectivity index (χ4n) is 3.21. The third-order valence-electron chi connectivity index (χ3n) is 4.91. The van der Waals surface area contributed by atoms with Crippen LogP contribution in [0.5, 0.6) is 0 Å². The van der Waals surface area contributed by atoms with Crippen molar-refractivity contribution in [3.8, 4) is 0 Å². The second-order valence-electron chi connectivity index (χ2n) is 7.21. The van der Waals surface area contributed by atoms with Crippen LogP contribution in [-0.2, 0) is 0 Å². The van der Waals surface area contributed by atoms with Crippen LogP contribution >= 0.6 is 0 Å². The predicted octanol–water partition coefficient (Wildman–Crippen LogP) is 5.25. The van der Waals surface area contributed by atoms with E-state index in [1.807, 2.05) is 24.3 Å². The third kappa shape index (κ3) is 5.12. The van der Waals surface area contributed by atoms with Gasteiger partial charge in [-0.1, -0.05) is 67.3 Å². The highest BCUT2D eigenvalue weighted by Crippen LogP contribution is 2.20. The van der Waals surface area contributed by atoms with E-state index in [2.05, 4.69) is 102 Å². The zero-order valence-corrected chi connectivity index (χ0v) is 17.0. The molecule has 0 unspecified atom stereocenters. The molecule has 0 saturated heterocycles. The van der Waals surface area contributed by atoms with Crippen LogP contribution in [0.25, 0.3) is 18.7 Å². The van der Waals surface area contributed by atoms with Crippen LogP contribution < -0.4 is 15.8 Å². The van der Waals surface area contributed by atoms with Crippen molar-refractivity contribution in [1.29, 1.82) is 0 Å². The lowest BCUT2D eigenvalue weighted by Crippen LogP contribution is -2.05. The SMILES string of the molecule is C=c1ccc(=Cc2ccc(Nc3ccc(C=C4C=CC(=NC)C=C4)cc3)cc2)cc1. The Morgan fingerprint density at radius 1 is 0.667 bits per heavy atom. The van der Waals surface area contributed by atoms with Crippen LogP contribution in [0.15, 0.2) is 108 Å². The first kappa shape index (κ1) is 19.4. The lowest BCUT2D eigenvalue weighted by molar-refractivity contribution is 1.44. The second-order valence-corrected chi connectivity index (χ2v) is 7.21. The van der Waals surface area contributed by atoms with Crippen molar-refractivity contribution in [2.45, 2.75) is 0 Å². The molecule has 0 aliphatic heterocycles. The molecule has 0 heterocycles. The van der Waals surface area contributed by atoms with Gasteiger partial charge in [0.1, 0.15) is 0 Å². The van der Waals surface area contributed by atoms with Crippen LogP contribution in [0.4, 0.5) is 11.4 Å². The number of nitrogens with one attached hydrogen (secondary N) is 1. The van der Waals surface area contributed by atoms with Gasteiger partial charge in [0.25, 0.3) is 0 Å². The van der Waals surface area contributed by atoms with Gasteiger partial charge in [0.05, 0.1) is 5.71 Å². The molecule has 2 heteroatoms. The fourth-order valence-corrected chi connectivity index (χ4v) is 3.21. The minimum atomic E-state index is 0.992. The summed E-state index contributed by atoms with van der Waals surface area (Å²) in [6.07, 6.45) is 12.5. The van der Waals surface area contributed by atoms with Crippen LogP contribution in [-0.4, -0.2) is 12.8 Å². The van der Waals surface area contributed by atoms with Crippen molar-refractivity contribution in [3.63, 3.8) is 0 Å². The zero-order chi connectivity index (χ0) is 20.8. The Labute approximate surface area is 177 Å². The van der Waals surface area contributed by atoms with Gasteiger partial charge in [-0.05, 0) is 75.7 Å². The van der Waals surface area contributed by atoms with E-state index in [1.54, 1.807) is 7.05 Å². The van der Waals surface area contributed by atoms with E-state index < -0.39 is 0 Å². The normalized spacial score (nSPS) is 12.6. The van der Waals surface area contributed by atoms with E-state index in [1.165, 1.54) is 21.9 Å². The highest BCUT2D eigenvalue weighted by Gasteiger charge is 1.99. The Morgan fingerprint density at radius 3 is 1.73 bits per heavy atom. The number of rotatable bonds is 4. The van der Waals surface area contributed by atoms with E-state index in [4.69, 9.17) is 0 Å². The molecule has 4 rings (SSSR count). The number of benzene rings is 3. The van der Waals surface area contributed by atoms with Crippen molar-refractivity contribution in [2.24, 2.45) is 4.99 Å². The summed E-state index contributed by atoms with van der Waals surface area (Å²) in [5.41, 5.74) is 6.63. The van der Waals surface area contributed by atoms with Gasteiger partial charge >= 0.3 is 0 Å². The molecule has 3 aromatic carbocycles. The third-order valence-corrected chi connectivity index (χ3v) is 4.91. The predicted molar refractivity (Wildman–Crippen MR) is 131 cm³/mol. The molecule has 1 N–H and O–H groups in total. The first-order chi connectivity index (χ1) is 14.7. The highest BCUT2D eigenvalue weighted by atomic mass is 14.9. The smallest absolute Gasteiger partial charge is 0.0571 e. The highest BCUT2D eigenvalue weighted by molar-refractivity contribution is 6.06. The Morgan fingerprint density at radius 2 is 1.20 bits per heavy atom. The lowest BCUT2D eigenvalue weighted by Gasteiger charge is -2.08. The van der Waals surface area contributed by atoms with Gasteiger partial charge in [-0.2, -0.15) is 0 Å². The van der Waals surface area contributed by atoms with Gasteiger partial charge in [0, 0.05) is 18.4 Å².